The standard InChI is InChI=1S/C26H37NO2/c1-8-15(2)19-12-13-22-20-10-9-11-21(20)25(6)23(26(25,7)27(22)18(19)5)24-28-16(3)14-17(4)29-24/h12-13,15-17,22H,8-11,14H2,1-7H3. The fraction of sp³-hybridized carbons (Fsp3) is 0.692. The monoisotopic (exact) mass is 395 g/mol. The van der Waals surface area contributed by atoms with E-state index in [2.05, 4.69) is 65.5 Å². The maximum Gasteiger partial charge on any atom is 0.282 e. The molecule has 5 rings (SSSR count). The normalized spacial score (nSPS) is 41.6. The van der Waals surface area contributed by atoms with Crippen LogP contribution in [0.25, 0.3) is 0 Å². The molecule has 6 unspecified atom stereocenters. The third-order valence-electron chi connectivity index (χ3n) is 8.74. The summed E-state index contributed by atoms with van der Waals surface area (Å²) in [6.07, 6.45) is 11.2. The van der Waals surface area contributed by atoms with Crippen molar-refractivity contribution < 1.29 is 9.47 Å². The Balaban J connectivity index is 1.69. The topological polar surface area (TPSA) is 21.7 Å². The largest absolute Gasteiger partial charge is 0.462 e. The van der Waals surface area contributed by atoms with Crippen molar-refractivity contribution in [3.8, 4) is 0 Å². The lowest BCUT2D eigenvalue weighted by Gasteiger charge is -2.48. The Bertz CT molecular complexity index is 865. The molecule has 5 aliphatic rings. The Morgan fingerprint density at radius 1 is 1.17 bits per heavy atom. The first-order chi connectivity index (χ1) is 13.7. The molecule has 0 N–H and O–H groups in total. The first kappa shape index (κ1) is 19.3. The van der Waals surface area contributed by atoms with Crippen LogP contribution in [0.5, 0.6) is 0 Å². The molecule has 0 spiro atoms. The minimum Gasteiger partial charge on any atom is -0.462 e. The molecule has 0 amide bonds. The van der Waals surface area contributed by atoms with Gasteiger partial charge in [-0.2, -0.15) is 0 Å². The Morgan fingerprint density at radius 3 is 2.52 bits per heavy atom. The van der Waals surface area contributed by atoms with E-state index in [9.17, 15) is 0 Å². The van der Waals surface area contributed by atoms with Gasteiger partial charge in [0.25, 0.3) is 5.95 Å². The molecular formula is C26H37NO2. The lowest BCUT2D eigenvalue weighted by Crippen LogP contribution is -2.50. The highest BCUT2D eigenvalue weighted by molar-refractivity contribution is 5.66. The van der Waals surface area contributed by atoms with E-state index in [-0.39, 0.29) is 23.2 Å². The first-order valence-electron chi connectivity index (χ1n) is 11.7. The highest BCUT2D eigenvalue weighted by Crippen LogP contribution is 2.76. The molecule has 6 atom stereocenters. The molecule has 3 nitrogen and oxygen atoms in total. The summed E-state index contributed by atoms with van der Waals surface area (Å²) in [5, 5.41) is 0. The van der Waals surface area contributed by atoms with E-state index < -0.39 is 0 Å². The van der Waals surface area contributed by atoms with Crippen molar-refractivity contribution in [1.82, 2.24) is 4.90 Å². The highest BCUT2D eigenvalue weighted by atomic mass is 16.7. The second-order valence-electron chi connectivity index (χ2n) is 10.3. The van der Waals surface area contributed by atoms with Gasteiger partial charge in [0.1, 0.15) is 12.2 Å². The predicted molar refractivity (Wildman–Crippen MR) is 117 cm³/mol. The zero-order chi connectivity index (χ0) is 20.7. The quantitative estimate of drug-likeness (QED) is 0.516. The molecule has 0 aromatic carbocycles. The average Bonchev–Trinajstić information content (AvgIpc) is 2.98. The number of nitrogens with zero attached hydrogens (tertiary/aromatic N) is 1. The molecule has 0 bridgehead atoms. The van der Waals surface area contributed by atoms with Crippen molar-refractivity contribution in [1.29, 1.82) is 0 Å². The third kappa shape index (κ3) is 2.31. The van der Waals surface area contributed by atoms with Crippen molar-refractivity contribution in [3.05, 3.63) is 46.1 Å². The first-order valence-corrected chi connectivity index (χ1v) is 11.7. The van der Waals surface area contributed by atoms with Crippen LogP contribution in [0, 0.1) is 11.3 Å². The smallest absolute Gasteiger partial charge is 0.282 e. The summed E-state index contributed by atoms with van der Waals surface area (Å²) in [4.78, 5) is 2.73. The van der Waals surface area contributed by atoms with E-state index in [4.69, 9.17) is 9.47 Å². The maximum atomic E-state index is 6.34. The van der Waals surface area contributed by atoms with E-state index in [1.165, 1.54) is 42.5 Å². The van der Waals surface area contributed by atoms with Crippen LogP contribution < -0.4 is 0 Å². The number of allylic oxidation sites excluding steroid dienone is 3. The summed E-state index contributed by atoms with van der Waals surface area (Å²) >= 11 is 0. The number of rotatable bonds is 2. The van der Waals surface area contributed by atoms with Gasteiger partial charge >= 0.3 is 0 Å². The van der Waals surface area contributed by atoms with Crippen molar-refractivity contribution in [3.63, 3.8) is 0 Å². The molecule has 0 radical (unpaired) electrons. The van der Waals surface area contributed by atoms with Crippen LogP contribution in [0.3, 0.4) is 0 Å². The van der Waals surface area contributed by atoms with Gasteiger partial charge in [-0.15, -0.1) is 0 Å². The predicted octanol–water partition coefficient (Wildman–Crippen LogP) is 6.25. The van der Waals surface area contributed by atoms with Crippen molar-refractivity contribution in [2.24, 2.45) is 11.3 Å². The van der Waals surface area contributed by atoms with Gasteiger partial charge in [0.15, 0.2) is 0 Å². The Kier molecular flexibility index (Phi) is 4.12. The Morgan fingerprint density at radius 2 is 1.86 bits per heavy atom. The van der Waals surface area contributed by atoms with Crippen molar-refractivity contribution >= 4 is 0 Å². The summed E-state index contributed by atoms with van der Waals surface area (Å²) < 4.78 is 12.7. The lowest BCUT2D eigenvalue weighted by atomic mass is 9.79. The molecule has 0 aromatic rings. The minimum absolute atomic E-state index is 0.0362. The molecule has 1 saturated carbocycles. The summed E-state index contributed by atoms with van der Waals surface area (Å²) in [7, 11) is 0. The molecule has 1 saturated heterocycles. The van der Waals surface area contributed by atoms with Gasteiger partial charge in [-0.1, -0.05) is 31.6 Å². The summed E-state index contributed by atoms with van der Waals surface area (Å²) in [5.41, 5.74) is 7.65. The highest BCUT2D eigenvalue weighted by Gasteiger charge is 2.77. The molecule has 3 aliphatic heterocycles. The molecule has 0 aromatic heterocycles. The van der Waals surface area contributed by atoms with Crippen molar-refractivity contribution in [2.45, 2.75) is 104 Å². The van der Waals surface area contributed by atoms with Gasteiger partial charge in [0.2, 0.25) is 0 Å². The van der Waals surface area contributed by atoms with Crippen molar-refractivity contribution in [2.75, 3.05) is 0 Å². The van der Waals surface area contributed by atoms with Crippen LogP contribution in [0.2, 0.25) is 0 Å². The third-order valence-corrected chi connectivity index (χ3v) is 8.74. The van der Waals surface area contributed by atoms with E-state index >= 15 is 0 Å². The molecule has 3 heterocycles. The van der Waals surface area contributed by atoms with Gasteiger partial charge in [0, 0.05) is 23.1 Å². The fourth-order valence-corrected chi connectivity index (χ4v) is 6.99. The average molecular weight is 396 g/mol. The van der Waals surface area contributed by atoms with Gasteiger partial charge in [0.05, 0.1) is 11.6 Å². The lowest BCUT2D eigenvalue weighted by molar-refractivity contribution is -0.0941. The van der Waals surface area contributed by atoms with Gasteiger partial charge < -0.3 is 14.4 Å². The number of fused-ring (bicyclic) bond motifs is 5. The van der Waals surface area contributed by atoms with E-state index in [1.54, 1.807) is 11.1 Å². The summed E-state index contributed by atoms with van der Waals surface area (Å²) in [6.45, 7) is 16.2. The number of hydrogen-bond donors (Lipinski definition) is 0. The van der Waals surface area contributed by atoms with Crippen LogP contribution in [0.1, 0.15) is 80.6 Å². The minimum atomic E-state index is -0.0551. The second kappa shape index (κ2) is 6.18. The van der Waals surface area contributed by atoms with Gasteiger partial charge in [-0.3, -0.25) is 0 Å². The van der Waals surface area contributed by atoms with Gasteiger partial charge in [-0.05, 0) is 77.4 Å². The molecule has 29 heavy (non-hydrogen) atoms. The Labute approximate surface area is 176 Å². The van der Waals surface area contributed by atoms with E-state index in [0.29, 0.717) is 12.0 Å². The van der Waals surface area contributed by atoms with Gasteiger partial charge in [-0.25, -0.2) is 0 Å². The van der Waals surface area contributed by atoms with Crippen LogP contribution >= 0.6 is 0 Å². The number of ether oxygens (including phenoxy) is 2. The SMILES string of the molecule is CCC(C)C1=C(C)N2C(C=C1)C1=C(CCC1)C1(C)C(=C3OC(C)CC(C)O3)C21C. The molecule has 158 valence electrons. The second-order valence-corrected chi connectivity index (χ2v) is 10.3. The zero-order valence-electron chi connectivity index (χ0n) is 19.3. The van der Waals surface area contributed by atoms with Crippen LogP contribution in [0.15, 0.2) is 46.1 Å². The zero-order valence-corrected chi connectivity index (χ0v) is 19.3. The number of hydrogen-bond acceptors (Lipinski definition) is 3. The molecular weight excluding hydrogens is 358 g/mol. The summed E-state index contributed by atoms with van der Waals surface area (Å²) in [6, 6.07) is 0.398. The molecule has 3 heteroatoms. The van der Waals surface area contributed by atoms with Crippen LogP contribution in [-0.4, -0.2) is 28.7 Å². The van der Waals surface area contributed by atoms with Crippen LogP contribution in [-0.2, 0) is 9.47 Å². The molecule has 2 aliphatic carbocycles. The Hall–Kier alpha value is -1.64. The van der Waals surface area contributed by atoms with E-state index in [0.717, 1.165) is 12.4 Å². The molecule has 2 fully saturated rings. The van der Waals surface area contributed by atoms with Crippen LogP contribution in [0.4, 0.5) is 0 Å². The van der Waals surface area contributed by atoms with E-state index in [1.807, 2.05) is 0 Å². The fourth-order valence-electron chi connectivity index (χ4n) is 6.99. The summed E-state index contributed by atoms with van der Waals surface area (Å²) in [5.74, 6) is 1.41. The maximum absolute atomic E-state index is 6.34.